The average Bonchev–Trinajstić information content (AvgIpc) is 2.41. The van der Waals surface area contributed by atoms with Gasteiger partial charge >= 0.3 is 0 Å². The fraction of sp³-hybridized carbons (Fsp3) is 0.643. The minimum Gasteiger partial charge on any atom is -0.478 e. The highest BCUT2D eigenvalue weighted by Crippen LogP contribution is 2.44. The molecule has 106 valence electrons. The van der Waals surface area contributed by atoms with E-state index in [1.807, 2.05) is 13.0 Å². The third-order valence-corrected chi connectivity index (χ3v) is 3.97. The van der Waals surface area contributed by atoms with Gasteiger partial charge in [0.25, 0.3) is 0 Å². The van der Waals surface area contributed by atoms with Gasteiger partial charge in [-0.15, -0.1) is 0 Å². The molecule has 0 unspecified atom stereocenters. The van der Waals surface area contributed by atoms with Gasteiger partial charge in [-0.1, -0.05) is 6.07 Å². The van der Waals surface area contributed by atoms with E-state index in [1.54, 1.807) is 12.3 Å². The quantitative estimate of drug-likeness (QED) is 0.915. The van der Waals surface area contributed by atoms with Crippen molar-refractivity contribution in [2.75, 3.05) is 13.2 Å². The molecular formula is C14H20F2N2O. The zero-order valence-corrected chi connectivity index (χ0v) is 11.2. The maximum Gasteiger partial charge on any atom is 0.248 e. The number of hydrogen-bond acceptors (Lipinski definition) is 3. The molecule has 1 aliphatic carbocycles. The smallest absolute Gasteiger partial charge is 0.248 e. The second-order valence-electron chi connectivity index (χ2n) is 5.16. The molecule has 0 radical (unpaired) electrons. The van der Waals surface area contributed by atoms with E-state index in [-0.39, 0.29) is 18.3 Å². The van der Waals surface area contributed by atoms with Crippen molar-refractivity contribution >= 4 is 0 Å². The van der Waals surface area contributed by atoms with Crippen LogP contribution in [0, 0.1) is 0 Å². The van der Waals surface area contributed by atoms with Gasteiger partial charge < -0.3 is 10.5 Å². The van der Waals surface area contributed by atoms with Crippen LogP contribution in [0.2, 0.25) is 0 Å². The molecule has 1 fully saturated rings. The molecule has 1 aromatic rings. The number of hydrogen-bond donors (Lipinski definition) is 1. The van der Waals surface area contributed by atoms with Crippen molar-refractivity contribution in [2.45, 2.75) is 43.9 Å². The Balaban J connectivity index is 2.17. The van der Waals surface area contributed by atoms with Gasteiger partial charge in [0.15, 0.2) is 0 Å². The molecule has 1 aliphatic rings. The van der Waals surface area contributed by atoms with Gasteiger partial charge in [-0.2, -0.15) is 0 Å². The first-order valence-electron chi connectivity index (χ1n) is 6.69. The van der Waals surface area contributed by atoms with Gasteiger partial charge in [-0.3, -0.25) is 0 Å². The first-order valence-corrected chi connectivity index (χ1v) is 6.69. The molecule has 1 saturated carbocycles. The predicted molar refractivity (Wildman–Crippen MR) is 69.6 cm³/mol. The number of ether oxygens (including phenoxy) is 1. The summed E-state index contributed by atoms with van der Waals surface area (Å²) in [5.41, 5.74) is 6.43. The Hall–Kier alpha value is -1.23. The van der Waals surface area contributed by atoms with Crippen LogP contribution in [-0.4, -0.2) is 24.1 Å². The number of nitrogens with zero attached hydrogens (tertiary/aromatic N) is 1. The van der Waals surface area contributed by atoms with E-state index in [1.165, 1.54) is 0 Å². The van der Waals surface area contributed by atoms with Crippen LogP contribution in [0.5, 0.6) is 5.88 Å². The van der Waals surface area contributed by atoms with Crippen LogP contribution < -0.4 is 10.5 Å². The minimum atomic E-state index is -2.54. The van der Waals surface area contributed by atoms with Crippen molar-refractivity contribution < 1.29 is 13.5 Å². The van der Waals surface area contributed by atoms with Crippen LogP contribution in [0.3, 0.4) is 0 Å². The second-order valence-corrected chi connectivity index (χ2v) is 5.16. The molecule has 5 heteroatoms. The first kappa shape index (κ1) is 14.2. The van der Waals surface area contributed by atoms with Crippen molar-refractivity contribution in [2.24, 2.45) is 5.73 Å². The average molecular weight is 270 g/mol. The second kappa shape index (κ2) is 5.41. The Morgan fingerprint density at radius 3 is 2.42 bits per heavy atom. The van der Waals surface area contributed by atoms with Gasteiger partial charge in [0.1, 0.15) is 0 Å². The van der Waals surface area contributed by atoms with E-state index in [4.69, 9.17) is 10.5 Å². The summed E-state index contributed by atoms with van der Waals surface area (Å²) < 4.78 is 31.9. The topological polar surface area (TPSA) is 48.1 Å². The lowest BCUT2D eigenvalue weighted by Gasteiger charge is -2.39. The number of halogens is 2. The molecule has 0 aliphatic heterocycles. The molecule has 0 saturated heterocycles. The van der Waals surface area contributed by atoms with Crippen LogP contribution in [-0.2, 0) is 5.41 Å². The van der Waals surface area contributed by atoms with Crippen molar-refractivity contribution in [1.29, 1.82) is 0 Å². The van der Waals surface area contributed by atoms with Crippen LogP contribution in [0.25, 0.3) is 0 Å². The lowest BCUT2D eigenvalue weighted by Crippen LogP contribution is -2.42. The summed E-state index contributed by atoms with van der Waals surface area (Å²) in [4.78, 5) is 4.21. The normalized spacial score (nSPS) is 21.1. The Morgan fingerprint density at radius 1 is 1.26 bits per heavy atom. The van der Waals surface area contributed by atoms with Gasteiger partial charge in [0, 0.05) is 37.1 Å². The van der Waals surface area contributed by atoms with Crippen molar-refractivity contribution in [3.8, 4) is 5.88 Å². The lowest BCUT2D eigenvalue weighted by molar-refractivity contribution is -0.0509. The highest BCUT2D eigenvalue weighted by atomic mass is 19.3. The van der Waals surface area contributed by atoms with E-state index in [0.717, 1.165) is 5.56 Å². The highest BCUT2D eigenvalue weighted by Gasteiger charge is 2.43. The van der Waals surface area contributed by atoms with E-state index in [0.29, 0.717) is 31.9 Å². The summed E-state index contributed by atoms with van der Waals surface area (Å²) in [5.74, 6) is -1.99. The summed E-state index contributed by atoms with van der Waals surface area (Å²) in [5, 5.41) is 0. The number of alkyl halides is 2. The van der Waals surface area contributed by atoms with Crippen molar-refractivity contribution in [3.63, 3.8) is 0 Å². The number of nitrogens with two attached hydrogens (primary N) is 1. The molecule has 19 heavy (non-hydrogen) atoms. The van der Waals surface area contributed by atoms with Gasteiger partial charge in [0.05, 0.1) is 6.61 Å². The standard InChI is InChI=1S/C14H20F2N2O/c1-2-19-12-4-3-11(9-18-12)13(10-17)5-7-14(15,16)8-6-13/h3-4,9H,2,5-8,10,17H2,1H3. The van der Waals surface area contributed by atoms with Crippen molar-refractivity contribution in [1.82, 2.24) is 4.98 Å². The Bertz CT molecular complexity index is 410. The minimum absolute atomic E-state index is 0.0998. The molecule has 2 rings (SSSR count). The van der Waals surface area contributed by atoms with Crippen LogP contribution >= 0.6 is 0 Å². The molecule has 0 amide bonds. The SMILES string of the molecule is CCOc1ccc(C2(CN)CCC(F)(F)CC2)cn1. The Labute approximate surface area is 112 Å². The molecule has 0 atom stereocenters. The summed E-state index contributed by atoms with van der Waals surface area (Å²) >= 11 is 0. The molecule has 2 N–H and O–H groups in total. The van der Waals surface area contributed by atoms with Crippen LogP contribution in [0.1, 0.15) is 38.2 Å². The van der Waals surface area contributed by atoms with Crippen LogP contribution in [0.15, 0.2) is 18.3 Å². The number of rotatable bonds is 4. The van der Waals surface area contributed by atoms with E-state index < -0.39 is 5.92 Å². The maximum absolute atomic E-state index is 13.3. The third-order valence-electron chi connectivity index (χ3n) is 3.97. The van der Waals surface area contributed by atoms with Crippen molar-refractivity contribution in [3.05, 3.63) is 23.9 Å². The zero-order valence-electron chi connectivity index (χ0n) is 11.2. The Kier molecular flexibility index (Phi) is 4.04. The summed E-state index contributed by atoms with van der Waals surface area (Å²) in [6.45, 7) is 2.82. The molecule has 0 aromatic carbocycles. The highest BCUT2D eigenvalue weighted by molar-refractivity contribution is 5.27. The molecule has 0 bridgehead atoms. The number of aromatic nitrogens is 1. The monoisotopic (exact) mass is 270 g/mol. The molecule has 1 heterocycles. The number of pyridine rings is 1. The molecule has 3 nitrogen and oxygen atoms in total. The van der Waals surface area contributed by atoms with E-state index in [2.05, 4.69) is 4.98 Å². The summed E-state index contributed by atoms with van der Waals surface area (Å²) in [6.07, 6.45) is 2.33. The van der Waals surface area contributed by atoms with E-state index in [9.17, 15) is 8.78 Å². The predicted octanol–water partition coefficient (Wildman–Crippen LogP) is 2.89. The summed E-state index contributed by atoms with van der Waals surface area (Å²) in [6, 6.07) is 3.68. The maximum atomic E-state index is 13.3. The fourth-order valence-electron chi connectivity index (χ4n) is 2.63. The first-order chi connectivity index (χ1) is 9.01. The largest absolute Gasteiger partial charge is 0.478 e. The van der Waals surface area contributed by atoms with Gasteiger partial charge in [-0.25, -0.2) is 13.8 Å². The Morgan fingerprint density at radius 2 is 1.95 bits per heavy atom. The fourth-order valence-corrected chi connectivity index (χ4v) is 2.63. The zero-order chi connectivity index (χ0) is 13.9. The molecule has 0 spiro atoms. The summed E-state index contributed by atoms with van der Waals surface area (Å²) in [7, 11) is 0. The molecule has 1 aromatic heterocycles. The lowest BCUT2D eigenvalue weighted by atomic mass is 9.69. The van der Waals surface area contributed by atoms with Crippen LogP contribution in [0.4, 0.5) is 8.78 Å². The third kappa shape index (κ3) is 3.03. The van der Waals surface area contributed by atoms with Gasteiger partial charge in [0.2, 0.25) is 11.8 Å². The molecular weight excluding hydrogens is 250 g/mol. The van der Waals surface area contributed by atoms with E-state index >= 15 is 0 Å². The van der Waals surface area contributed by atoms with Gasteiger partial charge in [-0.05, 0) is 25.3 Å².